The summed E-state index contributed by atoms with van der Waals surface area (Å²) in [4.78, 5) is 35.6. The van der Waals surface area contributed by atoms with Gasteiger partial charge in [-0.05, 0) is 50.2 Å². The van der Waals surface area contributed by atoms with E-state index in [9.17, 15) is 9.59 Å². The lowest BCUT2D eigenvalue weighted by Gasteiger charge is -2.16. The van der Waals surface area contributed by atoms with Crippen molar-refractivity contribution in [2.24, 2.45) is 0 Å². The average molecular weight is 450 g/mol. The van der Waals surface area contributed by atoms with E-state index < -0.39 is 0 Å². The summed E-state index contributed by atoms with van der Waals surface area (Å²) in [6, 6.07) is 12.7. The van der Waals surface area contributed by atoms with Gasteiger partial charge in [-0.2, -0.15) is 4.98 Å². The molecule has 2 aromatic carbocycles. The fourth-order valence-electron chi connectivity index (χ4n) is 4.11. The number of hydrogen-bond donors (Lipinski definition) is 0. The summed E-state index contributed by atoms with van der Waals surface area (Å²) in [6.07, 6.45) is 0.287. The minimum atomic E-state index is -0.200. The third-order valence-corrected chi connectivity index (χ3v) is 5.95. The van der Waals surface area contributed by atoms with E-state index in [1.807, 2.05) is 37.3 Å². The van der Waals surface area contributed by atoms with Crippen molar-refractivity contribution in [1.82, 2.24) is 19.7 Å². The number of rotatable bonds is 4. The van der Waals surface area contributed by atoms with Gasteiger partial charge in [0.2, 0.25) is 17.6 Å². The molecule has 1 saturated heterocycles. The van der Waals surface area contributed by atoms with Gasteiger partial charge < -0.3 is 14.0 Å². The molecule has 3 heterocycles. The maximum absolute atomic E-state index is 12.6. The van der Waals surface area contributed by atoms with Crippen molar-refractivity contribution in [2.75, 3.05) is 11.4 Å². The van der Waals surface area contributed by atoms with Gasteiger partial charge in [0.1, 0.15) is 5.69 Å². The van der Waals surface area contributed by atoms with Crippen molar-refractivity contribution >= 4 is 34.2 Å². The van der Waals surface area contributed by atoms with Crippen LogP contribution in [-0.4, -0.2) is 32.1 Å². The van der Waals surface area contributed by atoms with Gasteiger partial charge in [0.15, 0.2) is 0 Å². The van der Waals surface area contributed by atoms with Crippen molar-refractivity contribution in [2.45, 2.75) is 32.7 Å². The number of aromatic nitrogens is 4. The quantitative estimate of drug-likeness (QED) is 0.468. The van der Waals surface area contributed by atoms with Gasteiger partial charge >= 0.3 is 0 Å². The summed E-state index contributed by atoms with van der Waals surface area (Å²) in [5.41, 5.74) is 3.28. The molecule has 0 N–H and O–H groups in total. The largest absolute Gasteiger partial charge is 0.339 e. The van der Waals surface area contributed by atoms with Crippen LogP contribution in [0, 0.1) is 6.92 Å². The minimum absolute atomic E-state index is 0.0140. The Hall–Kier alpha value is -3.52. The number of amides is 1. The summed E-state index contributed by atoms with van der Waals surface area (Å²) >= 11 is 6.07. The van der Waals surface area contributed by atoms with Gasteiger partial charge in [0, 0.05) is 35.8 Å². The molecule has 1 amide bonds. The molecule has 0 saturated carbocycles. The molecular formula is C23H20ClN5O3. The second-order valence-corrected chi connectivity index (χ2v) is 8.23. The van der Waals surface area contributed by atoms with E-state index in [4.69, 9.17) is 16.1 Å². The van der Waals surface area contributed by atoms with E-state index in [0.717, 1.165) is 16.8 Å². The standard InChI is InChI=1S/C23H20ClN5O3/c1-3-28-19-8-7-14(9-18(19)25-13(2)23(28)31)21-26-22(32-27-21)15-10-20(30)29(12-15)17-6-4-5-16(24)11-17/h4-9,11,15H,3,10,12H2,1-2H3/t15-/m1/s1. The van der Waals surface area contributed by atoms with Gasteiger partial charge in [-0.3, -0.25) is 9.59 Å². The maximum Gasteiger partial charge on any atom is 0.272 e. The molecule has 1 fully saturated rings. The SMILES string of the molecule is CCn1c(=O)c(C)nc2cc(-c3noc([C@@H]4CC(=O)N(c5cccc(Cl)c5)C4)n3)ccc21. The van der Waals surface area contributed by atoms with Gasteiger partial charge in [0.05, 0.1) is 17.0 Å². The number of carbonyl (C=O) groups excluding carboxylic acids is 1. The Morgan fingerprint density at radius 1 is 1.16 bits per heavy atom. The van der Waals surface area contributed by atoms with E-state index in [0.29, 0.717) is 41.0 Å². The molecule has 9 heteroatoms. The van der Waals surface area contributed by atoms with Crippen LogP contribution in [0.1, 0.15) is 30.8 Å². The van der Waals surface area contributed by atoms with Crippen LogP contribution in [0.3, 0.4) is 0 Å². The van der Waals surface area contributed by atoms with E-state index in [-0.39, 0.29) is 23.8 Å². The number of benzene rings is 2. The Morgan fingerprint density at radius 2 is 2.00 bits per heavy atom. The normalized spacial score (nSPS) is 16.3. The zero-order chi connectivity index (χ0) is 22.4. The van der Waals surface area contributed by atoms with Crippen LogP contribution < -0.4 is 10.5 Å². The fraction of sp³-hybridized carbons (Fsp3) is 0.261. The van der Waals surface area contributed by atoms with Gasteiger partial charge in [-0.1, -0.05) is 22.8 Å². The predicted octanol–water partition coefficient (Wildman–Crippen LogP) is 3.95. The Kier molecular flexibility index (Phi) is 5.01. The lowest BCUT2D eigenvalue weighted by Crippen LogP contribution is -2.24. The van der Waals surface area contributed by atoms with E-state index in [1.54, 1.807) is 28.5 Å². The first-order valence-corrected chi connectivity index (χ1v) is 10.7. The Bertz CT molecular complexity index is 1410. The molecule has 162 valence electrons. The highest BCUT2D eigenvalue weighted by molar-refractivity contribution is 6.30. The molecule has 32 heavy (non-hydrogen) atoms. The van der Waals surface area contributed by atoms with Crippen molar-refractivity contribution in [1.29, 1.82) is 0 Å². The molecule has 0 radical (unpaired) electrons. The van der Waals surface area contributed by atoms with Crippen molar-refractivity contribution in [3.8, 4) is 11.4 Å². The molecule has 0 spiro atoms. The van der Waals surface area contributed by atoms with Crippen LogP contribution in [0.25, 0.3) is 22.4 Å². The lowest BCUT2D eigenvalue weighted by atomic mass is 10.1. The Labute approximate surface area is 188 Å². The number of anilines is 1. The molecule has 0 bridgehead atoms. The lowest BCUT2D eigenvalue weighted by molar-refractivity contribution is -0.117. The number of aryl methyl sites for hydroxylation is 2. The molecule has 1 aliphatic rings. The topological polar surface area (TPSA) is 94.1 Å². The monoisotopic (exact) mass is 449 g/mol. The number of halogens is 1. The number of hydrogen-bond acceptors (Lipinski definition) is 6. The molecule has 8 nitrogen and oxygen atoms in total. The zero-order valence-electron chi connectivity index (χ0n) is 17.6. The number of fused-ring (bicyclic) bond motifs is 1. The predicted molar refractivity (Wildman–Crippen MR) is 121 cm³/mol. The maximum atomic E-state index is 12.6. The van der Waals surface area contributed by atoms with Crippen molar-refractivity contribution in [3.63, 3.8) is 0 Å². The molecule has 0 aliphatic carbocycles. The summed E-state index contributed by atoms with van der Waals surface area (Å²) in [6.45, 7) is 4.64. The van der Waals surface area contributed by atoms with Crippen molar-refractivity contribution in [3.05, 3.63) is 69.4 Å². The van der Waals surface area contributed by atoms with Crippen LogP contribution in [0.2, 0.25) is 5.02 Å². The van der Waals surface area contributed by atoms with E-state index >= 15 is 0 Å². The highest BCUT2D eigenvalue weighted by Crippen LogP contribution is 2.33. The summed E-state index contributed by atoms with van der Waals surface area (Å²) in [5.74, 6) is 0.624. The summed E-state index contributed by atoms with van der Waals surface area (Å²) in [7, 11) is 0. The minimum Gasteiger partial charge on any atom is -0.339 e. The molecule has 4 aromatic rings. The van der Waals surface area contributed by atoms with Crippen LogP contribution >= 0.6 is 11.6 Å². The molecule has 1 aliphatic heterocycles. The van der Waals surface area contributed by atoms with Gasteiger partial charge in [0.25, 0.3) is 5.56 Å². The van der Waals surface area contributed by atoms with Crippen molar-refractivity contribution < 1.29 is 9.32 Å². The number of nitrogens with zero attached hydrogens (tertiary/aromatic N) is 5. The zero-order valence-corrected chi connectivity index (χ0v) is 18.3. The second-order valence-electron chi connectivity index (χ2n) is 7.79. The third-order valence-electron chi connectivity index (χ3n) is 5.72. The van der Waals surface area contributed by atoms with Gasteiger partial charge in [-0.15, -0.1) is 0 Å². The smallest absolute Gasteiger partial charge is 0.272 e. The van der Waals surface area contributed by atoms with E-state index in [1.165, 1.54) is 0 Å². The van der Waals surface area contributed by atoms with Crippen LogP contribution in [0.4, 0.5) is 5.69 Å². The van der Waals surface area contributed by atoms with Crippen LogP contribution in [0.15, 0.2) is 51.8 Å². The summed E-state index contributed by atoms with van der Waals surface area (Å²) < 4.78 is 7.21. The number of carbonyl (C=O) groups is 1. The first-order chi connectivity index (χ1) is 15.4. The Morgan fingerprint density at radius 3 is 2.78 bits per heavy atom. The first-order valence-electron chi connectivity index (χ1n) is 10.4. The molecular weight excluding hydrogens is 430 g/mol. The average Bonchev–Trinajstić information content (AvgIpc) is 3.41. The van der Waals surface area contributed by atoms with E-state index in [2.05, 4.69) is 15.1 Å². The highest BCUT2D eigenvalue weighted by atomic mass is 35.5. The fourth-order valence-corrected chi connectivity index (χ4v) is 4.30. The molecule has 2 aromatic heterocycles. The molecule has 0 unspecified atom stereocenters. The van der Waals surface area contributed by atoms with Gasteiger partial charge in [-0.25, -0.2) is 4.98 Å². The second kappa shape index (κ2) is 7.87. The van der Waals surface area contributed by atoms with Crippen LogP contribution in [-0.2, 0) is 11.3 Å². The molecule has 1 atom stereocenters. The summed E-state index contributed by atoms with van der Waals surface area (Å²) in [5, 5.41) is 4.70. The first kappa shape index (κ1) is 20.4. The molecule has 5 rings (SSSR count). The Balaban J connectivity index is 1.44. The third kappa shape index (κ3) is 3.46. The highest BCUT2D eigenvalue weighted by Gasteiger charge is 2.35. The van der Waals surface area contributed by atoms with Crippen LogP contribution in [0.5, 0.6) is 0 Å².